The first-order valence-electron chi connectivity index (χ1n) is 7.60. The number of aryl methyl sites for hydroxylation is 2. The number of alkyl halides is 3. The topological polar surface area (TPSA) is 34.0 Å². The summed E-state index contributed by atoms with van der Waals surface area (Å²) in [5.74, 6) is 0.380. The van der Waals surface area contributed by atoms with Gasteiger partial charge in [0.05, 0.1) is 11.7 Å². The second-order valence-corrected chi connectivity index (χ2v) is 5.94. The molecule has 0 saturated carbocycles. The molecule has 2 aromatic rings. The molecule has 4 nitrogen and oxygen atoms in total. The van der Waals surface area contributed by atoms with Crippen molar-refractivity contribution >= 4 is 5.82 Å². The lowest BCUT2D eigenvalue weighted by Crippen LogP contribution is -2.25. The standard InChI is InChI=1S/C16H19F3N4/c1-10-15(11(2)22(3)21-10)12-6-5-9-23(12)14-8-4-7-13(20-14)16(17,18)19/h4,7-8,12H,5-6,9H2,1-3H3. The highest BCUT2D eigenvalue weighted by Crippen LogP contribution is 2.39. The molecule has 0 spiro atoms. The van der Waals surface area contributed by atoms with Crippen LogP contribution in [0.2, 0.25) is 0 Å². The van der Waals surface area contributed by atoms with Crippen LogP contribution in [0.5, 0.6) is 0 Å². The largest absolute Gasteiger partial charge is 0.433 e. The first-order chi connectivity index (χ1) is 10.8. The molecule has 1 saturated heterocycles. The number of hydrogen-bond donors (Lipinski definition) is 0. The summed E-state index contributed by atoms with van der Waals surface area (Å²) in [6, 6.07) is 4.10. The maximum absolute atomic E-state index is 12.9. The Morgan fingerprint density at radius 2 is 1.96 bits per heavy atom. The van der Waals surface area contributed by atoms with Crippen molar-refractivity contribution in [2.75, 3.05) is 11.4 Å². The molecule has 3 heterocycles. The molecular formula is C16H19F3N4. The van der Waals surface area contributed by atoms with Gasteiger partial charge < -0.3 is 4.90 Å². The molecule has 1 aliphatic heterocycles. The first-order valence-corrected chi connectivity index (χ1v) is 7.60. The van der Waals surface area contributed by atoms with Crippen LogP contribution in [0.1, 0.15) is 41.5 Å². The highest BCUT2D eigenvalue weighted by molar-refractivity contribution is 5.46. The van der Waals surface area contributed by atoms with Crippen molar-refractivity contribution in [2.24, 2.45) is 7.05 Å². The molecule has 0 aromatic carbocycles. The second-order valence-electron chi connectivity index (χ2n) is 5.94. The molecule has 124 valence electrons. The Morgan fingerprint density at radius 1 is 1.22 bits per heavy atom. The van der Waals surface area contributed by atoms with E-state index in [1.165, 1.54) is 6.07 Å². The summed E-state index contributed by atoms with van der Waals surface area (Å²) in [6.07, 6.45) is -2.60. The lowest BCUT2D eigenvalue weighted by molar-refractivity contribution is -0.141. The third kappa shape index (κ3) is 2.80. The van der Waals surface area contributed by atoms with Crippen LogP contribution in [0.15, 0.2) is 18.2 Å². The number of rotatable bonds is 2. The van der Waals surface area contributed by atoms with Gasteiger partial charge in [-0.2, -0.15) is 18.3 Å². The molecule has 2 aromatic heterocycles. The lowest BCUT2D eigenvalue weighted by atomic mass is 10.0. The zero-order valence-electron chi connectivity index (χ0n) is 13.4. The SMILES string of the molecule is Cc1nn(C)c(C)c1C1CCCN1c1cccc(C(F)(F)F)n1. The van der Waals surface area contributed by atoms with Crippen molar-refractivity contribution in [1.82, 2.24) is 14.8 Å². The van der Waals surface area contributed by atoms with Crippen molar-refractivity contribution in [3.05, 3.63) is 40.8 Å². The minimum Gasteiger partial charge on any atom is -0.349 e. The van der Waals surface area contributed by atoms with Gasteiger partial charge in [0.2, 0.25) is 0 Å². The molecule has 3 rings (SSSR count). The minimum atomic E-state index is -4.43. The van der Waals surface area contributed by atoms with Crippen molar-refractivity contribution in [3.63, 3.8) is 0 Å². The molecule has 7 heteroatoms. The lowest BCUT2D eigenvalue weighted by Gasteiger charge is -2.27. The Labute approximate surface area is 132 Å². The Bertz CT molecular complexity index is 721. The first kappa shape index (κ1) is 15.8. The van der Waals surface area contributed by atoms with Crippen LogP contribution < -0.4 is 4.90 Å². The smallest absolute Gasteiger partial charge is 0.349 e. The van der Waals surface area contributed by atoms with E-state index in [0.717, 1.165) is 35.9 Å². The van der Waals surface area contributed by atoms with E-state index in [1.54, 1.807) is 6.07 Å². The normalized spacial score (nSPS) is 18.7. The summed E-state index contributed by atoms with van der Waals surface area (Å²) in [6.45, 7) is 4.64. The molecule has 1 fully saturated rings. The molecule has 0 radical (unpaired) electrons. The summed E-state index contributed by atoms with van der Waals surface area (Å²) in [5.41, 5.74) is 2.23. The van der Waals surface area contributed by atoms with Crippen LogP contribution >= 0.6 is 0 Å². The molecule has 0 bridgehead atoms. The highest BCUT2D eigenvalue weighted by Gasteiger charge is 2.35. The Balaban J connectivity index is 1.99. The predicted octanol–water partition coefficient (Wildman–Crippen LogP) is 3.79. The van der Waals surface area contributed by atoms with Crippen LogP contribution in [0, 0.1) is 13.8 Å². The summed E-state index contributed by atoms with van der Waals surface area (Å²) < 4.78 is 40.6. The van der Waals surface area contributed by atoms with E-state index in [4.69, 9.17) is 0 Å². The molecular weight excluding hydrogens is 305 g/mol. The number of aromatic nitrogens is 3. The Kier molecular flexibility index (Phi) is 3.82. The van der Waals surface area contributed by atoms with Gasteiger partial charge in [-0.05, 0) is 38.8 Å². The van der Waals surface area contributed by atoms with E-state index in [9.17, 15) is 13.2 Å². The summed E-state index contributed by atoms with van der Waals surface area (Å²) in [4.78, 5) is 5.81. The van der Waals surface area contributed by atoms with Gasteiger partial charge in [-0.3, -0.25) is 4.68 Å². The van der Waals surface area contributed by atoms with Gasteiger partial charge in [-0.1, -0.05) is 6.07 Å². The molecule has 1 aliphatic rings. The molecule has 0 amide bonds. The van der Waals surface area contributed by atoms with Crippen molar-refractivity contribution in [3.8, 4) is 0 Å². The molecule has 1 unspecified atom stereocenters. The fraction of sp³-hybridized carbons (Fsp3) is 0.500. The van der Waals surface area contributed by atoms with Gasteiger partial charge in [0.1, 0.15) is 11.5 Å². The predicted molar refractivity (Wildman–Crippen MR) is 81.2 cm³/mol. The third-order valence-electron chi connectivity index (χ3n) is 4.47. The van der Waals surface area contributed by atoms with Crippen LogP contribution in [0.3, 0.4) is 0 Å². The number of pyridine rings is 1. The summed E-state index contributed by atoms with van der Waals surface area (Å²) >= 11 is 0. The van der Waals surface area contributed by atoms with E-state index < -0.39 is 11.9 Å². The monoisotopic (exact) mass is 324 g/mol. The number of halogens is 3. The average molecular weight is 324 g/mol. The quantitative estimate of drug-likeness (QED) is 0.843. The molecule has 0 aliphatic carbocycles. The Morgan fingerprint density at radius 3 is 2.57 bits per heavy atom. The van der Waals surface area contributed by atoms with Crippen LogP contribution in [-0.2, 0) is 13.2 Å². The highest BCUT2D eigenvalue weighted by atomic mass is 19.4. The third-order valence-corrected chi connectivity index (χ3v) is 4.47. The van der Waals surface area contributed by atoms with Crippen molar-refractivity contribution < 1.29 is 13.2 Å². The minimum absolute atomic E-state index is 0.0275. The van der Waals surface area contributed by atoms with Crippen LogP contribution in [0.25, 0.3) is 0 Å². The number of anilines is 1. The van der Waals surface area contributed by atoms with Gasteiger partial charge in [-0.25, -0.2) is 4.98 Å². The number of nitrogens with zero attached hydrogens (tertiary/aromatic N) is 4. The van der Waals surface area contributed by atoms with E-state index >= 15 is 0 Å². The molecule has 0 N–H and O–H groups in total. The summed E-state index contributed by atoms with van der Waals surface area (Å²) in [7, 11) is 1.88. The zero-order chi connectivity index (χ0) is 16.8. The van der Waals surface area contributed by atoms with E-state index in [2.05, 4.69) is 10.1 Å². The fourth-order valence-corrected chi connectivity index (χ4v) is 3.35. The maximum atomic E-state index is 12.9. The maximum Gasteiger partial charge on any atom is 0.433 e. The molecule has 23 heavy (non-hydrogen) atoms. The number of hydrogen-bond acceptors (Lipinski definition) is 3. The van der Waals surface area contributed by atoms with Gasteiger partial charge >= 0.3 is 6.18 Å². The fourth-order valence-electron chi connectivity index (χ4n) is 3.35. The van der Waals surface area contributed by atoms with Gasteiger partial charge in [0.25, 0.3) is 0 Å². The molecule has 1 atom stereocenters. The van der Waals surface area contributed by atoms with Crippen LogP contribution in [0.4, 0.5) is 19.0 Å². The van der Waals surface area contributed by atoms with Crippen molar-refractivity contribution in [2.45, 2.75) is 38.9 Å². The second kappa shape index (κ2) is 5.54. The van der Waals surface area contributed by atoms with Gasteiger partial charge in [0, 0.05) is 24.8 Å². The average Bonchev–Trinajstić information content (AvgIpc) is 3.04. The van der Waals surface area contributed by atoms with Gasteiger partial charge in [-0.15, -0.1) is 0 Å². The van der Waals surface area contributed by atoms with Crippen LogP contribution in [-0.4, -0.2) is 21.3 Å². The summed E-state index contributed by atoms with van der Waals surface area (Å²) in [5, 5.41) is 4.43. The van der Waals surface area contributed by atoms with E-state index in [-0.39, 0.29) is 6.04 Å². The zero-order valence-corrected chi connectivity index (χ0v) is 13.4. The van der Waals surface area contributed by atoms with Crippen molar-refractivity contribution in [1.29, 1.82) is 0 Å². The van der Waals surface area contributed by atoms with E-state index in [1.807, 2.05) is 30.5 Å². The van der Waals surface area contributed by atoms with Gasteiger partial charge in [0.15, 0.2) is 0 Å². The van der Waals surface area contributed by atoms with E-state index in [0.29, 0.717) is 12.4 Å². The Hall–Kier alpha value is -2.05.